The summed E-state index contributed by atoms with van der Waals surface area (Å²) in [6.07, 6.45) is 7.06. The van der Waals surface area contributed by atoms with Gasteiger partial charge < -0.3 is 35.3 Å². The molecule has 4 rings (SSSR count). The smallest absolute Gasteiger partial charge is 0.243 e. The molecule has 0 aliphatic carbocycles. The molecule has 1 fully saturated rings. The fourth-order valence-electron chi connectivity index (χ4n) is 5.85. The quantitative estimate of drug-likeness (QED) is 0.238. The normalized spacial score (nSPS) is 20.4. The highest BCUT2D eigenvalue weighted by Crippen LogP contribution is 2.29. The Balaban J connectivity index is 1.48. The molecule has 3 aromatic rings. The van der Waals surface area contributed by atoms with Gasteiger partial charge in [-0.15, -0.1) is 0 Å². The first-order valence-electron chi connectivity index (χ1n) is 17.9. The van der Waals surface area contributed by atoms with Crippen LogP contribution in [0.5, 0.6) is 11.5 Å². The third kappa shape index (κ3) is 12.7. The second-order valence-corrected chi connectivity index (χ2v) is 13.2. The molecule has 1 aromatic heterocycles. The maximum atomic E-state index is 13.4. The number of nitrogens with zero attached hydrogens (tertiary/aromatic N) is 3. The number of ether oxygens (including phenoxy) is 2. The highest BCUT2D eigenvalue weighted by Gasteiger charge is 2.29. The summed E-state index contributed by atoms with van der Waals surface area (Å²) in [7, 11) is 0. The van der Waals surface area contributed by atoms with Gasteiger partial charge in [-0.05, 0) is 62.4 Å². The summed E-state index contributed by atoms with van der Waals surface area (Å²) in [4.78, 5) is 59.3. The Morgan fingerprint density at radius 3 is 2.39 bits per heavy atom. The minimum absolute atomic E-state index is 0.179. The first kappa shape index (κ1) is 38.9. The number of imidazole rings is 1. The van der Waals surface area contributed by atoms with Crippen molar-refractivity contribution in [2.75, 3.05) is 32.8 Å². The SMILES string of the molecule is CCOc1cc(CN2CCCNC(=O)[C@@H](C(C)C)NC(=O)[C@@H](C)NC(=O)[C@H](Cc3ccccc3)NC(=O)CCC2)ccc1OCCn1ccnc1. The van der Waals surface area contributed by atoms with Gasteiger partial charge in [0.25, 0.3) is 0 Å². The highest BCUT2D eigenvalue weighted by atomic mass is 16.5. The Morgan fingerprint density at radius 1 is 0.882 bits per heavy atom. The summed E-state index contributed by atoms with van der Waals surface area (Å²) >= 11 is 0. The van der Waals surface area contributed by atoms with Crippen molar-refractivity contribution < 1.29 is 28.7 Å². The Kier molecular flexibility index (Phi) is 15.3. The molecule has 0 bridgehead atoms. The first-order chi connectivity index (χ1) is 24.6. The van der Waals surface area contributed by atoms with Gasteiger partial charge in [-0.2, -0.15) is 0 Å². The number of hydrogen-bond acceptors (Lipinski definition) is 8. The molecule has 4 N–H and O–H groups in total. The average molecular weight is 704 g/mol. The molecular formula is C38H53N7O6. The molecule has 1 saturated heterocycles. The minimum atomic E-state index is -0.916. The van der Waals surface area contributed by atoms with Crippen LogP contribution in [0.15, 0.2) is 67.3 Å². The molecule has 0 unspecified atom stereocenters. The number of rotatable bonds is 11. The van der Waals surface area contributed by atoms with E-state index >= 15 is 0 Å². The van der Waals surface area contributed by atoms with E-state index in [1.807, 2.05) is 80.1 Å². The van der Waals surface area contributed by atoms with E-state index in [0.717, 1.165) is 11.1 Å². The lowest BCUT2D eigenvalue weighted by atomic mass is 10.0. The zero-order chi connectivity index (χ0) is 36.6. The predicted molar refractivity (Wildman–Crippen MR) is 194 cm³/mol. The Hall–Kier alpha value is -4.91. The van der Waals surface area contributed by atoms with Crippen LogP contribution in [0.25, 0.3) is 0 Å². The largest absolute Gasteiger partial charge is 0.490 e. The molecule has 3 atom stereocenters. The molecule has 0 spiro atoms. The van der Waals surface area contributed by atoms with E-state index in [2.05, 4.69) is 31.2 Å². The number of hydrogen-bond donors (Lipinski definition) is 4. The standard InChI is InChI=1S/C38H53N7O6/c1-5-50-33-24-30(14-15-32(33)51-22-21-45-20-17-39-26-45)25-44-18-9-13-34(46)42-31(23-29-11-7-6-8-12-29)37(48)41-28(4)36(47)43-35(27(2)3)38(49)40-16-10-19-44/h6-8,11-12,14-15,17,20,24,26-28,31,35H,5,9-10,13,16,18-19,21-23,25H2,1-4H3,(H,40,49)(H,41,48)(H,42,46)(H,43,47)/t28-,31+,35-/m1/s1. The van der Waals surface area contributed by atoms with Gasteiger partial charge in [0.2, 0.25) is 23.6 Å². The van der Waals surface area contributed by atoms with Gasteiger partial charge in [-0.25, -0.2) is 4.98 Å². The van der Waals surface area contributed by atoms with E-state index in [4.69, 9.17) is 9.47 Å². The van der Waals surface area contributed by atoms with Gasteiger partial charge in [0.05, 0.1) is 19.5 Å². The maximum absolute atomic E-state index is 13.4. The van der Waals surface area contributed by atoms with Crippen LogP contribution in [-0.4, -0.2) is 89.1 Å². The number of nitrogens with one attached hydrogen (secondary N) is 4. The zero-order valence-electron chi connectivity index (χ0n) is 30.2. The van der Waals surface area contributed by atoms with E-state index in [1.54, 1.807) is 19.4 Å². The highest BCUT2D eigenvalue weighted by molar-refractivity contribution is 5.94. The van der Waals surface area contributed by atoms with Gasteiger partial charge in [0, 0.05) is 44.9 Å². The van der Waals surface area contributed by atoms with Crippen molar-refractivity contribution in [2.45, 2.75) is 84.6 Å². The van der Waals surface area contributed by atoms with Crippen molar-refractivity contribution in [3.8, 4) is 11.5 Å². The van der Waals surface area contributed by atoms with Crippen LogP contribution in [0.1, 0.15) is 58.1 Å². The monoisotopic (exact) mass is 703 g/mol. The van der Waals surface area contributed by atoms with Crippen LogP contribution in [0.2, 0.25) is 0 Å². The van der Waals surface area contributed by atoms with E-state index in [-0.39, 0.29) is 30.6 Å². The average Bonchev–Trinajstić information content (AvgIpc) is 3.63. The Morgan fingerprint density at radius 2 is 1.67 bits per heavy atom. The molecule has 4 amide bonds. The lowest BCUT2D eigenvalue weighted by Crippen LogP contribution is -2.57. The van der Waals surface area contributed by atoms with Crippen LogP contribution in [0, 0.1) is 5.92 Å². The third-order valence-electron chi connectivity index (χ3n) is 8.64. The number of benzene rings is 2. The van der Waals surface area contributed by atoms with Crippen LogP contribution in [-0.2, 0) is 38.7 Å². The van der Waals surface area contributed by atoms with Crippen LogP contribution < -0.4 is 30.7 Å². The van der Waals surface area contributed by atoms with E-state index in [0.29, 0.717) is 70.3 Å². The van der Waals surface area contributed by atoms with Gasteiger partial charge in [0.15, 0.2) is 11.5 Å². The van der Waals surface area contributed by atoms with Gasteiger partial charge in [0.1, 0.15) is 24.7 Å². The lowest BCUT2D eigenvalue weighted by molar-refractivity contribution is -0.134. The second-order valence-electron chi connectivity index (χ2n) is 13.2. The van der Waals surface area contributed by atoms with Crippen LogP contribution >= 0.6 is 0 Å². The van der Waals surface area contributed by atoms with Crippen molar-refractivity contribution in [2.24, 2.45) is 5.92 Å². The molecule has 0 radical (unpaired) electrons. The number of amides is 4. The van der Waals surface area contributed by atoms with Crippen LogP contribution in [0.4, 0.5) is 0 Å². The molecule has 51 heavy (non-hydrogen) atoms. The topological polar surface area (TPSA) is 156 Å². The molecule has 1 aliphatic rings. The molecular weight excluding hydrogens is 650 g/mol. The molecule has 13 heteroatoms. The predicted octanol–water partition coefficient (Wildman–Crippen LogP) is 2.84. The van der Waals surface area contributed by atoms with E-state index < -0.39 is 29.9 Å². The van der Waals surface area contributed by atoms with E-state index in [1.165, 1.54) is 0 Å². The van der Waals surface area contributed by atoms with Gasteiger partial charge in [-0.3, -0.25) is 24.1 Å². The number of aromatic nitrogens is 2. The van der Waals surface area contributed by atoms with Crippen molar-refractivity contribution >= 4 is 23.6 Å². The lowest BCUT2D eigenvalue weighted by Gasteiger charge is -2.26. The zero-order valence-corrected chi connectivity index (χ0v) is 30.2. The van der Waals surface area contributed by atoms with Gasteiger partial charge in [-0.1, -0.05) is 50.2 Å². The molecule has 13 nitrogen and oxygen atoms in total. The summed E-state index contributed by atoms with van der Waals surface area (Å²) in [5, 5.41) is 11.4. The van der Waals surface area contributed by atoms with Crippen molar-refractivity contribution in [1.29, 1.82) is 0 Å². The molecule has 2 heterocycles. The fourth-order valence-corrected chi connectivity index (χ4v) is 5.85. The molecule has 276 valence electrons. The van der Waals surface area contributed by atoms with Crippen LogP contribution in [0.3, 0.4) is 0 Å². The van der Waals surface area contributed by atoms with E-state index in [9.17, 15) is 19.2 Å². The first-order valence-corrected chi connectivity index (χ1v) is 17.9. The Labute approximate surface area is 300 Å². The van der Waals surface area contributed by atoms with Gasteiger partial charge >= 0.3 is 0 Å². The third-order valence-corrected chi connectivity index (χ3v) is 8.64. The molecule has 0 saturated carbocycles. The minimum Gasteiger partial charge on any atom is -0.490 e. The summed E-state index contributed by atoms with van der Waals surface area (Å²) in [5.74, 6) is -0.322. The molecule has 2 aromatic carbocycles. The molecule has 1 aliphatic heterocycles. The summed E-state index contributed by atoms with van der Waals surface area (Å²) in [5.41, 5.74) is 1.90. The Bertz CT molecular complexity index is 1550. The van der Waals surface area contributed by atoms with Crippen molar-refractivity contribution in [3.05, 3.63) is 78.4 Å². The van der Waals surface area contributed by atoms with Crippen molar-refractivity contribution in [1.82, 2.24) is 35.7 Å². The van der Waals surface area contributed by atoms with Crippen molar-refractivity contribution in [3.63, 3.8) is 0 Å². The summed E-state index contributed by atoms with van der Waals surface area (Å²) < 4.78 is 13.9. The fraction of sp³-hybridized carbons (Fsp3) is 0.500. The second kappa shape index (κ2) is 20.1. The summed E-state index contributed by atoms with van der Waals surface area (Å²) in [6.45, 7) is 11.1. The number of carbonyl (C=O) groups excluding carboxylic acids is 4. The number of carbonyl (C=O) groups is 4. The summed E-state index contributed by atoms with van der Waals surface area (Å²) in [6, 6.07) is 12.8. The maximum Gasteiger partial charge on any atom is 0.243 e.